The van der Waals surface area contributed by atoms with Gasteiger partial charge in [0, 0.05) is 17.3 Å². The minimum absolute atomic E-state index is 0.0788. The van der Waals surface area contributed by atoms with E-state index in [0.717, 1.165) is 18.6 Å². The van der Waals surface area contributed by atoms with E-state index in [1.54, 1.807) is 16.9 Å². The number of sulfonamides is 1. The minimum Gasteiger partial charge on any atom is -0.307 e. The Hall–Kier alpha value is -3.20. The summed E-state index contributed by atoms with van der Waals surface area (Å²) < 4.78 is 42.3. The largest absolute Gasteiger partial charge is 0.307 e. The molecular formula is C20H21FN4O3S. The molecule has 152 valence electrons. The number of hydrogen-bond donors (Lipinski definition) is 2. The van der Waals surface area contributed by atoms with Crippen molar-refractivity contribution < 1.29 is 17.6 Å². The van der Waals surface area contributed by atoms with E-state index in [2.05, 4.69) is 15.1 Å². The highest BCUT2D eigenvalue weighted by molar-refractivity contribution is 7.92. The Morgan fingerprint density at radius 2 is 1.90 bits per heavy atom. The van der Waals surface area contributed by atoms with Crippen LogP contribution < -0.4 is 10.0 Å². The van der Waals surface area contributed by atoms with Crippen molar-refractivity contribution in [2.45, 2.75) is 31.2 Å². The second kappa shape index (κ2) is 8.44. The molecule has 2 aromatic carbocycles. The Balaban J connectivity index is 1.81. The zero-order chi connectivity index (χ0) is 21.0. The van der Waals surface area contributed by atoms with Crippen LogP contribution in [0.5, 0.6) is 0 Å². The zero-order valence-electron chi connectivity index (χ0n) is 16.0. The van der Waals surface area contributed by atoms with Gasteiger partial charge in [0.1, 0.15) is 11.6 Å². The smallest absolute Gasteiger partial charge is 0.261 e. The Morgan fingerprint density at radius 3 is 2.59 bits per heavy atom. The van der Waals surface area contributed by atoms with Gasteiger partial charge >= 0.3 is 0 Å². The summed E-state index contributed by atoms with van der Waals surface area (Å²) in [5.74, 6) is -0.390. The second-order valence-corrected chi connectivity index (χ2v) is 8.20. The Morgan fingerprint density at radius 1 is 1.17 bits per heavy atom. The van der Waals surface area contributed by atoms with Crippen molar-refractivity contribution in [1.82, 2.24) is 9.78 Å². The summed E-state index contributed by atoms with van der Waals surface area (Å²) in [6.07, 6.45) is 2.43. The highest BCUT2D eigenvalue weighted by atomic mass is 32.2. The van der Waals surface area contributed by atoms with Crippen molar-refractivity contribution in [3.05, 3.63) is 72.2 Å². The van der Waals surface area contributed by atoms with Gasteiger partial charge in [0.05, 0.1) is 17.1 Å². The van der Waals surface area contributed by atoms with Gasteiger partial charge in [0.15, 0.2) is 0 Å². The molecule has 3 rings (SSSR count). The lowest BCUT2D eigenvalue weighted by Crippen LogP contribution is -2.18. The number of nitrogens with zero attached hydrogens (tertiary/aromatic N) is 2. The molecule has 1 heterocycles. The van der Waals surface area contributed by atoms with Gasteiger partial charge in [-0.05, 0) is 55.8 Å². The average Bonchev–Trinajstić information content (AvgIpc) is 3.17. The number of halogens is 1. The quantitative estimate of drug-likeness (QED) is 0.608. The molecule has 1 aromatic heterocycles. The molecule has 0 aliphatic rings. The Labute approximate surface area is 168 Å². The zero-order valence-corrected chi connectivity index (χ0v) is 16.8. The van der Waals surface area contributed by atoms with Crippen LogP contribution in [0.3, 0.4) is 0 Å². The van der Waals surface area contributed by atoms with Crippen LogP contribution in [-0.4, -0.2) is 24.1 Å². The van der Waals surface area contributed by atoms with Crippen LogP contribution in [0.2, 0.25) is 0 Å². The van der Waals surface area contributed by atoms with Gasteiger partial charge in [-0.1, -0.05) is 13.0 Å². The van der Waals surface area contributed by atoms with Gasteiger partial charge in [0.2, 0.25) is 0 Å². The van der Waals surface area contributed by atoms with Crippen LogP contribution in [0.1, 0.15) is 36.7 Å². The molecule has 7 nitrogen and oxygen atoms in total. The van der Waals surface area contributed by atoms with E-state index in [4.69, 9.17) is 0 Å². The van der Waals surface area contributed by atoms with Gasteiger partial charge in [-0.3, -0.25) is 9.52 Å². The number of rotatable bonds is 7. The molecule has 0 radical (unpaired) electrons. The van der Waals surface area contributed by atoms with E-state index in [9.17, 15) is 17.6 Å². The second-order valence-electron chi connectivity index (χ2n) is 6.51. The summed E-state index contributed by atoms with van der Waals surface area (Å²) in [5.41, 5.74) is 0.405. The first-order chi connectivity index (χ1) is 13.8. The molecular weight excluding hydrogens is 395 g/mol. The van der Waals surface area contributed by atoms with Crippen molar-refractivity contribution in [2.75, 3.05) is 10.0 Å². The van der Waals surface area contributed by atoms with Crippen LogP contribution >= 0.6 is 0 Å². The molecule has 0 aliphatic heterocycles. The molecule has 0 bridgehead atoms. The topological polar surface area (TPSA) is 93.1 Å². The summed E-state index contributed by atoms with van der Waals surface area (Å²) in [5, 5.41) is 6.97. The van der Waals surface area contributed by atoms with Crippen LogP contribution in [0, 0.1) is 5.82 Å². The maximum Gasteiger partial charge on any atom is 0.261 e. The van der Waals surface area contributed by atoms with Crippen LogP contribution in [0.25, 0.3) is 0 Å². The van der Waals surface area contributed by atoms with Crippen LogP contribution in [0.4, 0.5) is 15.9 Å². The summed E-state index contributed by atoms with van der Waals surface area (Å²) >= 11 is 0. The fourth-order valence-corrected chi connectivity index (χ4v) is 3.77. The van der Waals surface area contributed by atoms with E-state index >= 15 is 0 Å². The summed E-state index contributed by atoms with van der Waals surface area (Å²) in [7, 11) is -3.94. The molecule has 1 unspecified atom stereocenters. The first-order valence-electron chi connectivity index (χ1n) is 9.03. The predicted octanol–water partition coefficient (Wildman–Crippen LogP) is 4.05. The minimum atomic E-state index is -3.94. The Bertz CT molecular complexity index is 1110. The molecule has 0 fully saturated rings. The van der Waals surface area contributed by atoms with E-state index in [-0.39, 0.29) is 22.2 Å². The van der Waals surface area contributed by atoms with Gasteiger partial charge in [0.25, 0.3) is 15.9 Å². The number of aromatic nitrogens is 2. The monoisotopic (exact) mass is 416 g/mol. The average molecular weight is 416 g/mol. The van der Waals surface area contributed by atoms with Crippen LogP contribution in [-0.2, 0) is 10.0 Å². The normalized spacial score (nSPS) is 12.4. The standard InChI is InChI=1S/C20H21FN4O3S/c1-3-14(2)25-19(11-12-22-25)23-20(26)15-5-4-6-18(13-15)29(27,28)24-17-9-7-16(21)8-10-17/h4-14,24H,3H2,1-2H3,(H,23,26). The van der Waals surface area contributed by atoms with E-state index in [0.29, 0.717) is 5.82 Å². The lowest BCUT2D eigenvalue weighted by Gasteiger charge is -2.14. The molecule has 9 heteroatoms. The third-order valence-electron chi connectivity index (χ3n) is 4.42. The van der Waals surface area contributed by atoms with Crippen molar-refractivity contribution in [3.8, 4) is 0 Å². The lowest BCUT2D eigenvalue weighted by molar-refractivity contribution is 0.102. The maximum atomic E-state index is 13.0. The summed E-state index contributed by atoms with van der Waals surface area (Å²) in [6.45, 7) is 4.00. The van der Waals surface area contributed by atoms with Gasteiger partial charge in [-0.15, -0.1) is 0 Å². The van der Waals surface area contributed by atoms with Gasteiger partial charge < -0.3 is 5.32 Å². The molecule has 29 heavy (non-hydrogen) atoms. The molecule has 0 saturated carbocycles. The van der Waals surface area contributed by atoms with E-state index in [1.165, 1.54) is 36.4 Å². The third-order valence-corrected chi connectivity index (χ3v) is 5.80. The predicted molar refractivity (Wildman–Crippen MR) is 109 cm³/mol. The number of hydrogen-bond acceptors (Lipinski definition) is 4. The molecule has 1 amide bonds. The van der Waals surface area contributed by atoms with Crippen molar-refractivity contribution in [3.63, 3.8) is 0 Å². The first kappa shape index (κ1) is 20.5. The SMILES string of the molecule is CCC(C)n1nccc1NC(=O)c1cccc(S(=O)(=O)Nc2ccc(F)cc2)c1. The fourth-order valence-electron chi connectivity index (χ4n) is 2.66. The third kappa shape index (κ3) is 4.80. The first-order valence-corrected chi connectivity index (χ1v) is 10.5. The van der Waals surface area contributed by atoms with Crippen molar-refractivity contribution in [1.29, 1.82) is 0 Å². The van der Waals surface area contributed by atoms with Gasteiger partial charge in [-0.2, -0.15) is 5.10 Å². The van der Waals surface area contributed by atoms with Crippen LogP contribution in [0.15, 0.2) is 65.7 Å². The van der Waals surface area contributed by atoms with Crippen molar-refractivity contribution in [2.24, 2.45) is 0 Å². The molecule has 0 saturated heterocycles. The summed E-state index contributed by atoms with van der Waals surface area (Å²) in [6, 6.07) is 12.4. The molecule has 0 aliphatic carbocycles. The van der Waals surface area contributed by atoms with E-state index < -0.39 is 21.7 Å². The molecule has 1 atom stereocenters. The van der Waals surface area contributed by atoms with E-state index in [1.807, 2.05) is 13.8 Å². The molecule has 0 spiro atoms. The molecule has 3 aromatic rings. The number of carbonyl (C=O) groups is 1. The highest BCUT2D eigenvalue weighted by Gasteiger charge is 2.18. The highest BCUT2D eigenvalue weighted by Crippen LogP contribution is 2.20. The number of anilines is 2. The summed E-state index contributed by atoms with van der Waals surface area (Å²) in [4.78, 5) is 12.6. The maximum absolute atomic E-state index is 13.0. The lowest BCUT2D eigenvalue weighted by atomic mass is 10.2. The number of nitrogens with one attached hydrogen (secondary N) is 2. The number of amides is 1. The fraction of sp³-hybridized carbons (Fsp3) is 0.200. The number of carbonyl (C=O) groups excluding carboxylic acids is 1. The number of benzene rings is 2. The van der Waals surface area contributed by atoms with Gasteiger partial charge in [-0.25, -0.2) is 17.5 Å². The Kier molecular flexibility index (Phi) is 5.97. The molecule has 2 N–H and O–H groups in total. The van der Waals surface area contributed by atoms with Crippen molar-refractivity contribution >= 4 is 27.4 Å².